The maximum absolute atomic E-state index is 4.36. The quantitative estimate of drug-likeness (QED) is 0.712. The largest absolute Gasteiger partial charge is 0.262 e. The Balaban J connectivity index is 2.52. The van der Waals surface area contributed by atoms with Crippen molar-refractivity contribution < 1.29 is 0 Å². The van der Waals surface area contributed by atoms with E-state index >= 15 is 0 Å². The van der Waals surface area contributed by atoms with Crippen LogP contribution in [0.25, 0.3) is 11.0 Å². The smallest absolute Gasteiger partial charge is 0.107 e. The van der Waals surface area contributed by atoms with Crippen molar-refractivity contribution in [3.8, 4) is 0 Å². The number of fused-ring (bicyclic) bond motifs is 1. The summed E-state index contributed by atoms with van der Waals surface area (Å²) in [5.74, 6) is 0. The van der Waals surface area contributed by atoms with Gasteiger partial charge in [-0.3, -0.25) is 15.0 Å². The van der Waals surface area contributed by atoms with Crippen molar-refractivity contribution in [3.05, 3.63) is 30.4 Å². The zero-order chi connectivity index (χ0) is 10.9. The molecule has 0 spiro atoms. The van der Waals surface area contributed by atoms with Crippen LogP contribution in [-0.4, -0.2) is 15.0 Å². The van der Waals surface area contributed by atoms with Gasteiger partial charge in [0, 0.05) is 18.6 Å². The van der Waals surface area contributed by atoms with Crippen molar-refractivity contribution in [2.45, 2.75) is 27.2 Å². The highest BCUT2D eigenvalue weighted by atomic mass is 14.8. The minimum absolute atomic E-state index is 0.244. The first-order valence-corrected chi connectivity index (χ1v) is 5.10. The van der Waals surface area contributed by atoms with Crippen LogP contribution in [0.5, 0.6) is 0 Å². The second-order valence-corrected chi connectivity index (χ2v) is 4.96. The second-order valence-electron chi connectivity index (χ2n) is 4.96. The number of hydrogen-bond acceptors (Lipinski definition) is 3. The summed E-state index contributed by atoms with van der Waals surface area (Å²) in [5, 5.41) is 0. The number of pyridine rings is 1. The van der Waals surface area contributed by atoms with Crippen molar-refractivity contribution in [1.29, 1.82) is 0 Å². The average Bonchev–Trinajstić information content (AvgIpc) is 2.16. The van der Waals surface area contributed by atoms with Crippen LogP contribution < -0.4 is 0 Å². The predicted octanol–water partition coefficient (Wildman–Crippen LogP) is 2.61. The molecule has 2 aromatic rings. The molecule has 0 aliphatic carbocycles. The Bertz CT molecular complexity index is 466. The first-order chi connectivity index (χ1) is 7.06. The normalized spacial score (nSPS) is 11.9. The van der Waals surface area contributed by atoms with Crippen molar-refractivity contribution in [2.24, 2.45) is 5.41 Å². The Morgan fingerprint density at radius 3 is 2.53 bits per heavy atom. The fourth-order valence-electron chi connectivity index (χ4n) is 1.65. The molecule has 2 aromatic heterocycles. The van der Waals surface area contributed by atoms with E-state index in [1.54, 1.807) is 18.6 Å². The molecule has 0 N–H and O–H groups in total. The molecule has 0 aromatic carbocycles. The van der Waals surface area contributed by atoms with E-state index in [-0.39, 0.29) is 5.41 Å². The predicted molar refractivity (Wildman–Crippen MR) is 60.5 cm³/mol. The molecule has 0 fully saturated rings. The molecule has 3 nitrogen and oxygen atoms in total. The molecule has 0 unspecified atom stereocenters. The zero-order valence-electron chi connectivity index (χ0n) is 9.36. The molecule has 2 rings (SSSR count). The zero-order valence-corrected chi connectivity index (χ0v) is 9.36. The molecule has 0 atom stereocenters. The maximum atomic E-state index is 4.36. The van der Waals surface area contributed by atoms with Crippen molar-refractivity contribution in [2.75, 3.05) is 0 Å². The van der Waals surface area contributed by atoms with Crippen LogP contribution in [-0.2, 0) is 6.42 Å². The first kappa shape index (κ1) is 10.0. The minimum Gasteiger partial charge on any atom is -0.262 e. The van der Waals surface area contributed by atoms with Crippen LogP contribution in [0.1, 0.15) is 26.3 Å². The summed E-state index contributed by atoms with van der Waals surface area (Å²) in [5.41, 5.74) is 3.27. The van der Waals surface area contributed by atoms with Gasteiger partial charge >= 0.3 is 0 Å². The molecule has 3 heteroatoms. The Hall–Kier alpha value is -1.51. The molecule has 0 saturated heterocycles. The van der Waals surface area contributed by atoms with Crippen LogP contribution in [0, 0.1) is 5.41 Å². The summed E-state index contributed by atoms with van der Waals surface area (Å²) in [4.78, 5) is 12.8. The van der Waals surface area contributed by atoms with E-state index in [9.17, 15) is 0 Å². The van der Waals surface area contributed by atoms with Crippen LogP contribution in [0.15, 0.2) is 24.8 Å². The number of nitrogens with zero attached hydrogens (tertiary/aromatic N) is 3. The average molecular weight is 201 g/mol. The Kier molecular flexibility index (Phi) is 2.39. The van der Waals surface area contributed by atoms with Gasteiger partial charge in [0.2, 0.25) is 0 Å². The van der Waals surface area contributed by atoms with Crippen LogP contribution in [0.4, 0.5) is 0 Å². The summed E-state index contributed by atoms with van der Waals surface area (Å²) in [6.07, 6.45) is 8.05. The van der Waals surface area contributed by atoms with Crippen molar-refractivity contribution >= 4 is 11.0 Å². The molecular formula is C12H15N3. The molecule has 0 aliphatic heterocycles. The first-order valence-electron chi connectivity index (χ1n) is 5.10. The number of hydrogen-bond donors (Lipinski definition) is 0. The van der Waals surface area contributed by atoms with Gasteiger partial charge in [0.05, 0.1) is 11.7 Å². The highest BCUT2D eigenvalue weighted by molar-refractivity contribution is 5.76. The fraction of sp³-hybridized carbons (Fsp3) is 0.417. The van der Waals surface area contributed by atoms with Gasteiger partial charge in [0.1, 0.15) is 5.52 Å². The van der Waals surface area contributed by atoms with Gasteiger partial charge in [0.25, 0.3) is 0 Å². The lowest BCUT2D eigenvalue weighted by molar-refractivity contribution is 0.412. The van der Waals surface area contributed by atoms with Crippen molar-refractivity contribution in [3.63, 3.8) is 0 Å². The van der Waals surface area contributed by atoms with Crippen LogP contribution in [0.3, 0.4) is 0 Å². The van der Waals surface area contributed by atoms with Crippen LogP contribution in [0.2, 0.25) is 0 Å². The van der Waals surface area contributed by atoms with Gasteiger partial charge in [-0.1, -0.05) is 20.8 Å². The molecule has 0 bridgehead atoms. The lowest BCUT2D eigenvalue weighted by atomic mass is 9.88. The molecule has 0 saturated carbocycles. The molecule has 0 radical (unpaired) electrons. The molecule has 2 heterocycles. The Labute approximate surface area is 89.6 Å². The van der Waals surface area contributed by atoms with E-state index in [0.717, 1.165) is 17.5 Å². The SMILES string of the molecule is CC(C)(C)Cc1cncc2nccnc12. The van der Waals surface area contributed by atoms with Crippen LogP contribution >= 0.6 is 0 Å². The van der Waals surface area contributed by atoms with Gasteiger partial charge in [-0.2, -0.15) is 0 Å². The number of aromatic nitrogens is 3. The van der Waals surface area contributed by atoms with Gasteiger partial charge < -0.3 is 0 Å². The molecule has 15 heavy (non-hydrogen) atoms. The third-order valence-electron chi connectivity index (χ3n) is 2.18. The van der Waals surface area contributed by atoms with Gasteiger partial charge in [-0.25, -0.2) is 0 Å². The summed E-state index contributed by atoms with van der Waals surface area (Å²) < 4.78 is 0. The van der Waals surface area contributed by atoms with Crippen molar-refractivity contribution in [1.82, 2.24) is 15.0 Å². The lowest BCUT2D eigenvalue weighted by Gasteiger charge is -2.18. The molecule has 0 amide bonds. The molecular weight excluding hydrogens is 186 g/mol. The van der Waals surface area contributed by atoms with E-state index in [2.05, 4.69) is 35.7 Å². The van der Waals surface area contributed by atoms with E-state index in [1.165, 1.54) is 5.56 Å². The Morgan fingerprint density at radius 2 is 1.80 bits per heavy atom. The van der Waals surface area contributed by atoms with E-state index in [0.29, 0.717) is 0 Å². The monoisotopic (exact) mass is 201 g/mol. The van der Waals surface area contributed by atoms with E-state index < -0.39 is 0 Å². The second kappa shape index (κ2) is 3.57. The van der Waals surface area contributed by atoms with E-state index in [1.807, 2.05) is 6.20 Å². The third-order valence-corrected chi connectivity index (χ3v) is 2.18. The summed E-state index contributed by atoms with van der Waals surface area (Å²) in [6, 6.07) is 0. The van der Waals surface area contributed by atoms with Gasteiger partial charge in [-0.15, -0.1) is 0 Å². The van der Waals surface area contributed by atoms with E-state index in [4.69, 9.17) is 0 Å². The fourth-order valence-corrected chi connectivity index (χ4v) is 1.65. The Morgan fingerprint density at radius 1 is 1.07 bits per heavy atom. The number of rotatable bonds is 1. The summed E-state index contributed by atoms with van der Waals surface area (Å²) in [7, 11) is 0. The van der Waals surface area contributed by atoms with Gasteiger partial charge in [-0.05, 0) is 17.4 Å². The highest BCUT2D eigenvalue weighted by Crippen LogP contribution is 2.23. The maximum Gasteiger partial charge on any atom is 0.107 e. The lowest BCUT2D eigenvalue weighted by Crippen LogP contribution is -2.10. The minimum atomic E-state index is 0.244. The topological polar surface area (TPSA) is 38.7 Å². The highest BCUT2D eigenvalue weighted by Gasteiger charge is 2.14. The standard InChI is InChI=1S/C12H15N3/c1-12(2,3)6-9-7-13-8-10-11(9)15-5-4-14-10/h4-5,7-8H,6H2,1-3H3. The molecule has 78 valence electrons. The molecule has 0 aliphatic rings. The summed E-state index contributed by atoms with van der Waals surface area (Å²) in [6.45, 7) is 6.63. The summed E-state index contributed by atoms with van der Waals surface area (Å²) >= 11 is 0. The third kappa shape index (κ3) is 2.29. The van der Waals surface area contributed by atoms with Gasteiger partial charge in [0.15, 0.2) is 0 Å².